The minimum absolute atomic E-state index is 0.309. The van der Waals surface area contributed by atoms with Crippen LogP contribution in [0.5, 0.6) is 0 Å². The summed E-state index contributed by atoms with van der Waals surface area (Å²) in [5.41, 5.74) is 1.66. The van der Waals surface area contributed by atoms with Crippen molar-refractivity contribution in [3.63, 3.8) is 0 Å². The highest BCUT2D eigenvalue weighted by molar-refractivity contribution is 7.90. The Labute approximate surface area is 106 Å². The molecule has 0 atom stereocenters. The zero-order valence-corrected chi connectivity index (χ0v) is 11.0. The predicted molar refractivity (Wildman–Crippen MR) is 68.1 cm³/mol. The van der Waals surface area contributed by atoms with Crippen LogP contribution in [0.3, 0.4) is 0 Å². The molecule has 0 saturated heterocycles. The first-order valence-corrected chi connectivity index (χ1v) is 7.30. The van der Waals surface area contributed by atoms with Gasteiger partial charge in [-0.3, -0.25) is 0 Å². The number of aryl methyl sites for hydroxylation is 1. The van der Waals surface area contributed by atoms with Crippen molar-refractivity contribution in [3.8, 4) is 0 Å². The summed E-state index contributed by atoms with van der Waals surface area (Å²) in [4.78, 5) is 0.309. The summed E-state index contributed by atoms with van der Waals surface area (Å²) in [7, 11) is -3.14. The molecule has 0 radical (unpaired) electrons. The van der Waals surface area contributed by atoms with E-state index in [2.05, 4.69) is 10.5 Å². The highest BCUT2D eigenvalue weighted by Gasteiger charge is 2.06. The second-order valence-electron chi connectivity index (χ2n) is 4.08. The quantitative estimate of drug-likeness (QED) is 0.916. The van der Waals surface area contributed by atoms with Crippen LogP contribution in [0, 0.1) is 6.92 Å². The van der Waals surface area contributed by atoms with Crippen molar-refractivity contribution in [3.05, 3.63) is 41.8 Å². The number of sulfone groups is 1. The van der Waals surface area contributed by atoms with E-state index in [1.54, 1.807) is 24.3 Å². The Morgan fingerprint density at radius 2 is 1.94 bits per heavy atom. The van der Waals surface area contributed by atoms with Crippen LogP contribution in [0.4, 0.5) is 5.69 Å². The molecule has 6 heteroatoms. The fourth-order valence-corrected chi connectivity index (χ4v) is 2.14. The molecule has 0 unspecified atom stereocenters. The average molecular weight is 266 g/mol. The van der Waals surface area contributed by atoms with Crippen molar-refractivity contribution in [1.82, 2.24) is 5.16 Å². The number of benzene rings is 1. The molecule has 2 rings (SSSR count). The van der Waals surface area contributed by atoms with Crippen LogP contribution >= 0.6 is 0 Å². The number of aromatic nitrogens is 1. The van der Waals surface area contributed by atoms with Crippen LogP contribution in [-0.4, -0.2) is 19.8 Å². The first kappa shape index (κ1) is 12.6. The summed E-state index contributed by atoms with van der Waals surface area (Å²) in [6.07, 6.45) is 1.19. The van der Waals surface area contributed by atoms with Gasteiger partial charge in [-0.25, -0.2) is 8.42 Å². The van der Waals surface area contributed by atoms with Crippen LogP contribution in [0.15, 0.2) is 39.8 Å². The lowest BCUT2D eigenvalue weighted by atomic mass is 10.3. The van der Waals surface area contributed by atoms with Gasteiger partial charge in [-0.05, 0) is 31.2 Å². The molecule has 0 aliphatic heterocycles. The van der Waals surface area contributed by atoms with Crippen molar-refractivity contribution in [2.45, 2.75) is 18.4 Å². The average Bonchev–Trinajstić information content (AvgIpc) is 2.72. The fraction of sp³-hybridized carbons (Fsp3) is 0.250. The van der Waals surface area contributed by atoms with E-state index in [-0.39, 0.29) is 0 Å². The zero-order valence-electron chi connectivity index (χ0n) is 10.2. The van der Waals surface area contributed by atoms with Crippen molar-refractivity contribution >= 4 is 15.5 Å². The summed E-state index contributed by atoms with van der Waals surface area (Å²) in [6, 6.07) is 8.43. The summed E-state index contributed by atoms with van der Waals surface area (Å²) >= 11 is 0. The molecule has 96 valence electrons. The molecule has 1 heterocycles. The highest BCUT2D eigenvalue weighted by Crippen LogP contribution is 2.15. The lowest BCUT2D eigenvalue weighted by Crippen LogP contribution is -2.00. The number of hydrogen-bond acceptors (Lipinski definition) is 5. The van der Waals surface area contributed by atoms with Gasteiger partial charge in [0.15, 0.2) is 15.6 Å². The van der Waals surface area contributed by atoms with Gasteiger partial charge in [0.1, 0.15) is 0 Å². The van der Waals surface area contributed by atoms with Crippen molar-refractivity contribution in [1.29, 1.82) is 0 Å². The van der Waals surface area contributed by atoms with E-state index in [1.165, 1.54) is 6.26 Å². The van der Waals surface area contributed by atoms with E-state index < -0.39 is 9.84 Å². The standard InChI is InChI=1S/C12H14N2O3S/c1-9-7-11(17-14-9)8-13-10-3-5-12(6-4-10)18(2,15)16/h3-7,13H,8H2,1-2H3. The Morgan fingerprint density at radius 1 is 1.28 bits per heavy atom. The maximum atomic E-state index is 11.3. The van der Waals surface area contributed by atoms with E-state index in [9.17, 15) is 8.42 Å². The Hall–Kier alpha value is -1.82. The maximum Gasteiger partial charge on any atom is 0.175 e. The fourth-order valence-electron chi connectivity index (χ4n) is 1.51. The smallest absolute Gasteiger partial charge is 0.175 e. The Balaban J connectivity index is 2.03. The van der Waals surface area contributed by atoms with Gasteiger partial charge >= 0.3 is 0 Å². The molecule has 1 N–H and O–H groups in total. The molecule has 0 amide bonds. The molecule has 0 aliphatic rings. The molecule has 0 aliphatic carbocycles. The van der Waals surface area contributed by atoms with E-state index in [4.69, 9.17) is 4.52 Å². The Morgan fingerprint density at radius 3 is 2.44 bits per heavy atom. The van der Waals surface area contributed by atoms with Gasteiger partial charge in [-0.15, -0.1) is 0 Å². The molecule has 2 aromatic rings. The van der Waals surface area contributed by atoms with Crippen molar-refractivity contribution in [2.24, 2.45) is 0 Å². The predicted octanol–water partition coefficient (Wildman–Crippen LogP) is 2.00. The highest BCUT2D eigenvalue weighted by atomic mass is 32.2. The van der Waals surface area contributed by atoms with Gasteiger partial charge in [-0.1, -0.05) is 5.16 Å². The van der Waals surface area contributed by atoms with Gasteiger partial charge in [0.25, 0.3) is 0 Å². The lowest BCUT2D eigenvalue weighted by molar-refractivity contribution is 0.384. The number of rotatable bonds is 4. The molecule has 1 aromatic carbocycles. The largest absolute Gasteiger partial charge is 0.378 e. The number of nitrogens with zero attached hydrogens (tertiary/aromatic N) is 1. The van der Waals surface area contributed by atoms with E-state index >= 15 is 0 Å². The third kappa shape index (κ3) is 3.10. The van der Waals surface area contributed by atoms with Gasteiger partial charge in [0, 0.05) is 18.0 Å². The van der Waals surface area contributed by atoms with E-state index in [0.29, 0.717) is 11.4 Å². The van der Waals surface area contributed by atoms with E-state index in [0.717, 1.165) is 17.1 Å². The molecule has 0 saturated carbocycles. The monoisotopic (exact) mass is 266 g/mol. The second-order valence-corrected chi connectivity index (χ2v) is 6.10. The third-order valence-electron chi connectivity index (χ3n) is 2.43. The molecule has 0 bridgehead atoms. The Kier molecular flexibility index (Phi) is 3.38. The zero-order chi connectivity index (χ0) is 13.2. The minimum atomic E-state index is -3.14. The van der Waals surface area contributed by atoms with Crippen LogP contribution in [0.1, 0.15) is 11.5 Å². The number of anilines is 1. The number of nitrogens with one attached hydrogen (secondary N) is 1. The first-order chi connectivity index (χ1) is 8.45. The third-order valence-corrected chi connectivity index (χ3v) is 3.55. The van der Waals surface area contributed by atoms with Gasteiger partial charge < -0.3 is 9.84 Å². The molecule has 0 fully saturated rings. The van der Waals surface area contributed by atoms with Crippen molar-refractivity contribution < 1.29 is 12.9 Å². The van der Waals surface area contributed by atoms with Crippen LogP contribution in [0.25, 0.3) is 0 Å². The molecule has 0 spiro atoms. The molecular weight excluding hydrogens is 252 g/mol. The second kappa shape index (κ2) is 4.81. The molecular formula is C12H14N2O3S. The summed E-state index contributed by atoms with van der Waals surface area (Å²) in [6.45, 7) is 2.37. The van der Waals surface area contributed by atoms with Gasteiger partial charge in [0.05, 0.1) is 17.1 Å². The lowest BCUT2D eigenvalue weighted by Gasteiger charge is -2.04. The SMILES string of the molecule is Cc1cc(CNc2ccc(S(C)(=O)=O)cc2)on1. The van der Waals surface area contributed by atoms with Crippen LogP contribution in [0.2, 0.25) is 0 Å². The van der Waals surface area contributed by atoms with Gasteiger partial charge in [-0.2, -0.15) is 0 Å². The van der Waals surface area contributed by atoms with E-state index in [1.807, 2.05) is 13.0 Å². The molecule has 1 aromatic heterocycles. The molecule has 18 heavy (non-hydrogen) atoms. The normalized spacial score (nSPS) is 11.4. The number of hydrogen-bond donors (Lipinski definition) is 1. The maximum absolute atomic E-state index is 11.3. The Bertz CT molecular complexity index is 630. The van der Waals surface area contributed by atoms with Crippen LogP contribution in [-0.2, 0) is 16.4 Å². The molecule has 5 nitrogen and oxygen atoms in total. The minimum Gasteiger partial charge on any atom is -0.378 e. The summed E-state index contributed by atoms with van der Waals surface area (Å²) in [5, 5.41) is 6.91. The van der Waals surface area contributed by atoms with Gasteiger partial charge in [0.2, 0.25) is 0 Å². The first-order valence-electron chi connectivity index (χ1n) is 5.41. The summed E-state index contributed by atoms with van der Waals surface area (Å²) in [5.74, 6) is 0.736. The van der Waals surface area contributed by atoms with Crippen molar-refractivity contribution in [2.75, 3.05) is 11.6 Å². The summed E-state index contributed by atoms with van der Waals surface area (Å²) < 4.78 is 27.6. The topological polar surface area (TPSA) is 72.2 Å². The van der Waals surface area contributed by atoms with Crippen LogP contribution < -0.4 is 5.32 Å².